The number of imidazole rings is 1. The molecule has 0 bridgehead atoms. The van der Waals surface area contributed by atoms with Crippen molar-refractivity contribution in [2.75, 3.05) is 0 Å². The third kappa shape index (κ3) is 2.33. The third-order valence-corrected chi connectivity index (χ3v) is 2.47. The van der Waals surface area contributed by atoms with Gasteiger partial charge >= 0.3 is 0 Å². The summed E-state index contributed by atoms with van der Waals surface area (Å²) in [5.41, 5.74) is 0. The van der Waals surface area contributed by atoms with Crippen molar-refractivity contribution in [3.8, 4) is 0 Å². The standard InChI is InChI=1S/C11H21N2/c1-5-6-7-11-12(4)8-9-13(11)10(2)3/h8-10H,5-7H2,1-4H3/q+1. The van der Waals surface area contributed by atoms with Gasteiger partial charge in [0.05, 0.1) is 13.1 Å². The maximum Gasteiger partial charge on any atom is 0.256 e. The summed E-state index contributed by atoms with van der Waals surface area (Å²) in [7, 11) is 2.13. The fraction of sp³-hybridized carbons (Fsp3) is 0.727. The van der Waals surface area contributed by atoms with Crippen LogP contribution >= 0.6 is 0 Å². The highest BCUT2D eigenvalue weighted by Gasteiger charge is 2.15. The second-order valence-electron chi connectivity index (χ2n) is 3.93. The van der Waals surface area contributed by atoms with Crippen LogP contribution in [0.1, 0.15) is 45.5 Å². The van der Waals surface area contributed by atoms with Gasteiger partial charge in [-0.1, -0.05) is 13.3 Å². The molecule has 0 aliphatic rings. The zero-order chi connectivity index (χ0) is 9.84. The van der Waals surface area contributed by atoms with E-state index in [1.807, 2.05) is 0 Å². The smallest absolute Gasteiger partial charge is 0.237 e. The number of hydrogen-bond donors (Lipinski definition) is 0. The summed E-state index contributed by atoms with van der Waals surface area (Å²) < 4.78 is 4.59. The third-order valence-electron chi connectivity index (χ3n) is 2.47. The van der Waals surface area contributed by atoms with Gasteiger partial charge < -0.3 is 0 Å². The molecule has 0 aliphatic heterocycles. The summed E-state index contributed by atoms with van der Waals surface area (Å²) in [5.74, 6) is 1.44. The van der Waals surface area contributed by atoms with Crippen LogP contribution in [0.3, 0.4) is 0 Å². The molecule has 0 radical (unpaired) electrons. The SMILES string of the molecule is CCCCc1n(C(C)C)cc[n+]1C. The molecule has 0 unspecified atom stereocenters. The molecule has 2 nitrogen and oxygen atoms in total. The second kappa shape index (κ2) is 4.45. The first-order valence-corrected chi connectivity index (χ1v) is 5.22. The first kappa shape index (κ1) is 10.3. The number of rotatable bonds is 4. The van der Waals surface area contributed by atoms with Crippen LogP contribution in [0.5, 0.6) is 0 Å². The van der Waals surface area contributed by atoms with Crippen molar-refractivity contribution in [3.05, 3.63) is 18.2 Å². The summed E-state index contributed by atoms with van der Waals surface area (Å²) in [6.45, 7) is 6.70. The molecule has 0 fully saturated rings. The van der Waals surface area contributed by atoms with E-state index < -0.39 is 0 Å². The summed E-state index contributed by atoms with van der Waals surface area (Å²) in [4.78, 5) is 0. The minimum absolute atomic E-state index is 0.577. The first-order valence-electron chi connectivity index (χ1n) is 5.22. The number of unbranched alkanes of at least 4 members (excludes halogenated alkanes) is 1. The summed E-state index contributed by atoms with van der Waals surface area (Å²) in [5, 5.41) is 0. The van der Waals surface area contributed by atoms with Gasteiger partial charge in [0, 0.05) is 6.42 Å². The molecule has 0 spiro atoms. The van der Waals surface area contributed by atoms with Gasteiger partial charge in [-0.25, -0.2) is 9.13 Å². The zero-order valence-corrected chi connectivity index (χ0v) is 9.25. The van der Waals surface area contributed by atoms with Crippen molar-refractivity contribution in [1.82, 2.24) is 4.57 Å². The van der Waals surface area contributed by atoms with Crippen molar-refractivity contribution in [3.63, 3.8) is 0 Å². The van der Waals surface area contributed by atoms with E-state index in [4.69, 9.17) is 0 Å². The molecule has 0 N–H and O–H groups in total. The molecular formula is C11H21N2+. The molecule has 13 heavy (non-hydrogen) atoms. The van der Waals surface area contributed by atoms with Gasteiger partial charge in [-0.15, -0.1) is 0 Å². The van der Waals surface area contributed by atoms with Gasteiger partial charge in [0.25, 0.3) is 5.82 Å². The molecule has 1 aromatic rings. The van der Waals surface area contributed by atoms with Crippen LogP contribution in [0, 0.1) is 0 Å². The lowest BCUT2D eigenvalue weighted by Crippen LogP contribution is -2.32. The van der Waals surface area contributed by atoms with Crippen molar-refractivity contribution < 1.29 is 4.57 Å². The lowest BCUT2D eigenvalue weighted by Gasteiger charge is -2.04. The molecule has 0 amide bonds. The van der Waals surface area contributed by atoms with Crippen molar-refractivity contribution >= 4 is 0 Å². The molecule has 0 atom stereocenters. The molecule has 0 aliphatic carbocycles. The predicted molar refractivity (Wildman–Crippen MR) is 54.6 cm³/mol. The Labute approximate surface area is 81.2 Å². The van der Waals surface area contributed by atoms with Crippen LogP contribution in [0.15, 0.2) is 12.4 Å². The van der Waals surface area contributed by atoms with E-state index in [9.17, 15) is 0 Å². The largest absolute Gasteiger partial charge is 0.256 e. The average molecular weight is 181 g/mol. The fourth-order valence-electron chi connectivity index (χ4n) is 1.64. The van der Waals surface area contributed by atoms with E-state index >= 15 is 0 Å². The van der Waals surface area contributed by atoms with Gasteiger partial charge in [0.2, 0.25) is 0 Å². The van der Waals surface area contributed by atoms with Crippen molar-refractivity contribution in [2.24, 2.45) is 7.05 Å². The van der Waals surface area contributed by atoms with Crippen molar-refractivity contribution in [1.29, 1.82) is 0 Å². The van der Waals surface area contributed by atoms with E-state index in [0.29, 0.717) is 6.04 Å². The molecular weight excluding hydrogens is 160 g/mol. The molecule has 1 aromatic heterocycles. The normalized spacial score (nSPS) is 11.2. The maximum absolute atomic E-state index is 2.36. The Kier molecular flexibility index (Phi) is 3.52. The predicted octanol–water partition coefficient (Wildman–Crippen LogP) is 2.24. The van der Waals surface area contributed by atoms with E-state index in [1.54, 1.807) is 0 Å². The highest BCUT2D eigenvalue weighted by Crippen LogP contribution is 2.08. The van der Waals surface area contributed by atoms with E-state index in [-0.39, 0.29) is 0 Å². The Balaban J connectivity index is 2.82. The zero-order valence-electron chi connectivity index (χ0n) is 9.25. The number of aromatic nitrogens is 2. The molecule has 2 heteroatoms. The Hall–Kier alpha value is -0.790. The van der Waals surface area contributed by atoms with Crippen LogP contribution in [0.25, 0.3) is 0 Å². The summed E-state index contributed by atoms with van der Waals surface area (Å²) >= 11 is 0. The maximum atomic E-state index is 2.36. The number of aryl methyl sites for hydroxylation is 1. The topological polar surface area (TPSA) is 8.81 Å². The monoisotopic (exact) mass is 181 g/mol. The molecule has 1 rings (SSSR count). The van der Waals surface area contributed by atoms with Crippen LogP contribution < -0.4 is 4.57 Å². The molecule has 1 heterocycles. The summed E-state index contributed by atoms with van der Waals surface area (Å²) in [6, 6.07) is 0.577. The Morgan fingerprint density at radius 2 is 2.15 bits per heavy atom. The minimum Gasteiger partial charge on any atom is -0.237 e. The Bertz CT molecular complexity index is 261. The molecule has 0 saturated carbocycles. The van der Waals surface area contributed by atoms with E-state index in [0.717, 1.165) is 0 Å². The Morgan fingerprint density at radius 3 is 2.69 bits per heavy atom. The minimum atomic E-state index is 0.577. The molecule has 74 valence electrons. The highest BCUT2D eigenvalue weighted by atomic mass is 15.1. The van der Waals surface area contributed by atoms with Gasteiger partial charge in [-0.3, -0.25) is 0 Å². The molecule has 0 aromatic carbocycles. The van der Waals surface area contributed by atoms with Crippen LogP contribution in [0.4, 0.5) is 0 Å². The lowest BCUT2D eigenvalue weighted by atomic mass is 10.2. The highest BCUT2D eigenvalue weighted by molar-refractivity contribution is 4.86. The molecule has 0 saturated heterocycles. The lowest BCUT2D eigenvalue weighted by molar-refractivity contribution is -0.679. The van der Waals surface area contributed by atoms with Gasteiger partial charge in [-0.2, -0.15) is 0 Å². The van der Waals surface area contributed by atoms with Crippen LogP contribution in [-0.4, -0.2) is 4.57 Å². The van der Waals surface area contributed by atoms with Gasteiger partial charge in [0.1, 0.15) is 12.4 Å². The quantitative estimate of drug-likeness (QED) is 0.630. The van der Waals surface area contributed by atoms with Gasteiger partial charge in [0.15, 0.2) is 0 Å². The Morgan fingerprint density at radius 1 is 1.46 bits per heavy atom. The average Bonchev–Trinajstić information content (AvgIpc) is 2.43. The first-order chi connectivity index (χ1) is 6.16. The van der Waals surface area contributed by atoms with Crippen LogP contribution in [0.2, 0.25) is 0 Å². The second-order valence-corrected chi connectivity index (χ2v) is 3.93. The van der Waals surface area contributed by atoms with Crippen LogP contribution in [-0.2, 0) is 13.5 Å². The fourth-order valence-corrected chi connectivity index (χ4v) is 1.64. The number of hydrogen-bond acceptors (Lipinski definition) is 0. The number of nitrogens with zero attached hydrogens (tertiary/aromatic N) is 2. The van der Waals surface area contributed by atoms with E-state index in [1.165, 1.54) is 25.1 Å². The van der Waals surface area contributed by atoms with Gasteiger partial charge in [-0.05, 0) is 20.3 Å². The van der Waals surface area contributed by atoms with Crippen molar-refractivity contribution in [2.45, 2.75) is 46.1 Å². The summed E-state index contributed by atoms with van der Waals surface area (Å²) in [6.07, 6.45) is 8.06. The van der Waals surface area contributed by atoms with E-state index in [2.05, 4.69) is 49.3 Å².